The molecule has 22 heavy (non-hydrogen) atoms. The molecule has 1 aromatic carbocycles. The molecule has 1 N–H and O–H groups in total. The maximum atomic E-state index is 11.2. The van der Waals surface area contributed by atoms with E-state index in [9.17, 15) is 4.79 Å². The summed E-state index contributed by atoms with van der Waals surface area (Å²) in [6.45, 7) is 0.854. The van der Waals surface area contributed by atoms with Crippen molar-refractivity contribution in [1.29, 1.82) is 0 Å². The average Bonchev–Trinajstić information content (AvgIpc) is 2.96. The van der Waals surface area contributed by atoms with Crippen LogP contribution >= 0.6 is 11.8 Å². The molecule has 1 aliphatic heterocycles. The van der Waals surface area contributed by atoms with Crippen molar-refractivity contribution in [2.45, 2.75) is 23.3 Å². The van der Waals surface area contributed by atoms with Gasteiger partial charge in [-0.1, -0.05) is 30.3 Å². The summed E-state index contributed by atoms with van der Waals surface area (Å²) >= 11 is 1.69. The third-order valence-corrected chi connectivity index (χ3v) is 4.33. The van der Waals surface area contributed by atoms with Crippen LogP contribution in [-0.2, 0) is 17.0 Å². The topological polar surface area (TPSA) is 65.4 Å². The fourth-order valence-corrected chi connectivity index (χ4v) is 3.09. The van der Waals surface area contributed by atoms with Gasteiger partial charge in [0.2, 0.25) is 5.88 Å². The Bertz CT molecular complexity index is 645. The first kappa shape index (κ1) is 14.8. The standard InChI is InChI=1S/C15H17N3O3S/c1-16-15(19)21-12-8-18-14(20-9-12)13(7-17-18)22-10-11-5-3-2-4-6-11/h2-7,12H,8-10H2,1H3,(H,16,19)/t12-/m1/s1. The van der Waals surface area contributed by atoms with Gasteiger partial charge in [0, 0.05) is 12.8 Å². The number of hydrogen-bond donors (Lipinski definition) is 1. The molecule has 2 heterocycles. The Morgan fingerprint density at radius 1 is 1.50 bits per heavy atom. The summed E-state index contributed by atoms with van der Waals surface area (Å²) in [6, 6.07) is 10.3. The van der Waals surface area contributed by atoms with Gasteiger partial charge in [0.25, 0.3) is 0 Å². The summed E-state index contributed by atoms with van der Waals surface area (Å²) in [5.74, 6) is 1.61. The Kier molecular flexibility index (Phi) is 4.53. The first-order valence-corrected chi connectivity index (χ1v) is 7.98. The second-order valence-electron chi connectivity index (χ2n) is 4.86. The zero-order valence-electron chi connectivity index (χ0n) is 12.2. The van der Waals surface area contributed by atoms with Crippen LogP contribution in [0.2, 0.25) is 0 Å². The predicted octanol–water partition coefficient (Wildman–Crippen LogP) is 2.29. The fraction of sp³-hybridized carbons (Fsp3) is 0.333. The fourth-order valence-electron chi connectivity index (χ4n) is 2.17. The molecule has 0 aliphatic carbocycles. The molecule has 3 rings (SSSR count). The van der Waals surface area contributed by atoms with Crippen LogP contribution in [0.25, 0.3) is 0 Å². The number of fused-ring (bicyclic) bond motifs is 1. The number of rotatable bonds is 4. The van der Waals surface area contributed by atoms with Crippen molar-refractivity contribution in [3.63, 3.8) is 0 Å². The number of aromatic nitrogens is 2. The molecule has 1 amide bonds. The van der Waals surface area contributed by atoms with Crippen molar-refractivity contribution in [3.8, 4) is 5.88 Å². The highest BCUT2D eigenvalue weighted by Crippen LogP contribution is 2.33. The van der Waals surface area contributed by atoms with Gasteiger partial charge in [-0.25, -0.2) is 9.48 Å². The lowest BCUT2D eigenvalue weighted by Gasteiger charge is -2.24. The van der Waals surface area contributed by atoms with E-state index in [4.69, 9.17) is 9.47 Å². The number of thioether (sulfide) groups is 1. The Hall–Kier alpha value is -2.15. The Balaban J connectivity index is 1.62. The number of ether oxygens (including phenoxy) is 2. The highest BCUT2D eigenvalue weighted by atomic mass is 32.2. The molecular weight excluding hydrogens is 302 g/mol. The number of carbonyl (C=O) groups excluding carboxylic acids is 1. The molecule has 0 spiro atoms. The molecule has 0 fully saturated rings. The largest absolute Gasteiger partial charge is 0.473 e. The highest BCUT2D eigenvalue weighted by Gasteiger charge is 2.25. The molecule has 0 radical (unpaired) electrons. The zero-order valence-corrected chi connectivity index (χ0v) is 13.0. The minimum atomic E-state index is -0.456. The lowest BCUT2D eigenvalue weighted by molar-refractivity contribution is 0.0301. The van der Waals surface area contributed by atoms with Gasteiger partial charge in [0.05, 0.1) is 17.6 Å². The number of nitrogens with zero attached hydrogens (tertiary/aromatic N) is 2. The van der Waals surface area contributed by atoms with E-state index in [-0.39, 0.29) is 6.10 Å². The summed E-state index contributed by atoms with van der Waals surface area (Å²) < 4.78 is 12.6. The van der Waals surface area contributed by atoms with Crippen molar-refractivity contribution in [2.24, 2.45) is 0 Å². The number of amides is 1. The Morgan fingerprint density at radius 3 is 3.09 bits per heavy atom. The van der Waals surface area contributed by atoms with Gasteiger partial charge in [-0.2, -0.15) is 5.10 Å². The summed E-state index contributed by atoms with van der Waals surface area (Å²) in [7, 11) is 1.53. The Labute approximate surface area is 132 Å². The van der Waals surface area contributed by atoms with Crippen LogP contribution < -0.4 is 10.1 Å². The molecule has 0 bridgehead atoms. The molecule has 0 saturated heterocycles. The van der Waals surface area contributed by atoms with Crippen LogP contribution in [0.4, 0.5) is 4.79 Å². The van der Waals surface area contributed by atoms with Crippen LogP contribution in [0.3, 0.4) is 0 Å². The smallest absolute Gasteiger partial charge is 0.407 e. The van der Waals surface area contributed by atoms with Gasteiger partial charge in [-0.05, 0) is 5.56 Å². The second kappa shape index (κ2) is 6.74. The second-order valence-corrected chi connectivity index (χ2v) is 5.88. The summed E-state index contributed by atoms with van der Waals surface area (Å²) in [6.07, 6.45) is 1.02. The first-order valence-electron chi connectivity index (χ1n) is 7.00. The van der Waals surface area contributed by atoms with Crippen molar-refractivity contribution in [3.05, 3.63) is 42.1 Å². The molecule has 1 atom stereocenters. The van der Waals surface area contributed by atoms with Crippen LogP contribution in [0.1, 0.15) is 5.56 Å². The number of hydrogen-bond acceptors (Lipinski definition) is 5. The van der Waals surface area contributed by atoms with Gasteiger partial charge >= 0.3 is 6.09 Å². The lowest BCUT2D eigenvalue weighted by Crippen LogP contribution is -2.37. The van der Waals surface area contributed by atoms with Crippen molar-refractivity contribution >= 4 is 17.9 Å². The van der Waals surface area contributed by atoms with Gasteiger partial charge < -0.3 is 14.8 Å². The first-order chi connectivity index (χ1) is 10.8. The maximum Gasteiger partial charge on any atom is 0.407 e. The van der Waals surface area contributed by atoms with Gasteiger partial charge in [-0.15, -0.1) is 11.8 Å². The van der Waals surface area contributed by atoms with Crippen molar-refractivity contribution in [2.75, 3.05) is 13.7 Å². The third kappa shape index (κ3) is 3.36. The molecule has 1 aromatic heterocycles. The SMILES string of the molecule is CNC(=O)O[C@H]1COc2c(SCc3ccccc3)cnn2C1. The van der Waals surface area contributed by atoms with Crippen LogP contribution in [0.5, 0.6) is 5.88 Å². The van der Waals surface area contributed by atoms with Crippen LogP contribution in [0.15, 0.2) is 41.4 Å². The maximum absolute atomic E-state index is 11.2. The zero-order chi connectivity index (χ0) is 15.4. The molecule has 2 aromatic rings. The number of carbonyl (C=O) groups is 1. The van der Waals surface area contributed by atoms with E-state index in [0.717, 1.165) is 16.5 Å². The van der Waals surface area contributed by atoms with Crippen molar-refractivity contribution in [1.82, 2.24) is 15.1 Å². The molecule has 1 aliphatic rings. The van der Waals surface area contributed by atoms with Gasteiger partial charge in [0.1, 0.15) is 6.61 Å². The van der Waals surface area contributed by atoms with E-state index in [1.165, 1.54) is 12.6 Å². The molecule has 116 valence electrons. The minimum Gasteiger partial charge on any atom is -0.473 e. The normalized spacial score (nSPS) is 16.5. The average molecular weight is 319 g/mol. The predicted molar refractivity (Wildman–Crippen MR) is 83.1 cm³/mol. The molecule has 7 heteroatoms. The van der Waals surface area contributed by atoms with Crippen molar-refractivity contribution < 1.29 is 14.3 Å². The van der Waals surface area contributed by atoms with E-state index in [0.29, 0.717) is 13.2 Å². The number of benzene rings is 1. The van der Waals surface area contributed by atoms with E-state index in [1.807, 2.05) is 18.2 Å². The summed E-state index contributed by atoms with van der Waals surface area (Å²) in [5.41, 5.74) is 1.25. The molecule has 6 nitrogen and oxygen atoms in total. The van der Waals surface area contributed by atoms with Crippen LogP contribution in [0, 0.1) is 0 Å². The minimum absolute atomic E-state index is 0.320. The summed E-state index contributed by atoms with van der Waals surface area (Å²) in [5, 5.41) is 6.74. The van der Waals surface area contributed by atoms with E-state index < -0.39 is 6.09 Å². The highest BCUT2D eigenvalue weighted by molar-refractivity contribution is 7.98. The van der Waals surface area contributed by atoms with Gasteiger partial charge in [-0.3, -0.25) is 0 Å². The third-order valence-electron chi connectivity index (χ3n) is 3.26. The van der Waals surface area contributed by atoms with E-state index >= 15 is 0 Å². The van der Waals surface area contributed by atoms with Crippen LogP contribution in [-0.4, -0.2) is 35.6 Å². The monoisotopic (exact) mass is 319 g/mol. The molecule has 0 saturated carbocycles. The quantitative estimate of drug-likeness (QED) is 0.876. The number of alkyl carbamates (subject to hydrolysis) is 1. The molecule has 0 unspecified atom stereocenters. The van der Waals surface area contributed by atoms with E-state index in [2.05, 4.69) is 22.5 Å². The lowest BCUT2D eigenvalue weighted by atomic mass is 10.2. The number of nitrogens with one attached hydrogen (secondary N) is 1. The van der Waals surface area contributed by atoms with Gasteiger partial charge in [0.15, 0.2) is 6.10 Å². The summed E-state index contributed by atoms with van der Waals surface area (Å²) in [4.78, 5) is 12.2. The molecular formula is C15H17N3O3S. The van der Waals surface area contributed by atoms with E-state index in [1.54, 1.807) is 22.6 Å². The Morgan fingerprint density at radius 2 is 2.32 bits per heavy atom.